The third-order valence-electron chi connectivity index (χ3n) is 3.39. The second-order valence-corrected chi connectivity index (χ2v) is 4.52. The molecule has 0 radical (unpaired) electrons. The first kappa shape index (κ1) is 12.8. The van der Waals surface area contributed by atoms with Gasteiger partial charge in [-0.3, -0.25) is 0 Å². The van der Waals surface area contributed by atoms with Crippen LogP contribution in [0.2, 0.25) is 0 Å². The lowest BCUT2D eigenvalue weighted by Crippen LogP contribution is -2.50. The lowest BCUT2D eigenvalue weighted by atomic mass is 9.81. The van der Waals surface area contributed by atoms with E-state index in [1.54, 1.807) is 0 Å². The van der Waals surface area contributed by atoms with Gasteiger partial charge in [0, 0.05) is 18.7 Å². The fourth-order valence-electron chi connectivity index (χ4n) is 2.32. The van der Waals surface area contributed by atoms with Crippen LogP contribution in [0.3, 0.4) is 0 Å². The molecule has 4 nitrogen and oxygen atoms in total. The van der Waals surface area contributed by atoms with E-state index in [4.69, 9.17) is 10.8 Å². The first-order chi connectivity index (χ1) is 8.44. The zero-order valence-corrected chi connectivity index (χ0v) is 9.70. The number of halogens is 2. The Hall–Kier alpha value is -1.69. The number of likely N-dealkylation sites (tertiary alicyclic amines) is 1. The summed E-state index contributed by atoms with van der Waals surface area (Å²) in [5, 5.41) is 8.83. The van der Waals surface area contributed by atoms with Gasteiger partial charge in [-0.1, -0.05) is 6.07 Å². The maximum absolute atomic E-state index is 13.7. The van der Waals surface area contributed by atoms with Crippen LogP contribution in [-0.4, -0.2) is 29.2 Å². The van der Waals surface area contributed by atoms with E-state index in [0.29, 0.717) is 0 Å². The molecule has 1 aromatic carbocycles. The Bertz CT molecular complexity index is 451. The summed E-state index contributed by atoms with van der Waals surface area (Å²) in [5.74, 6) is -1.36. The van der Waals surface area contributed by atoms with Crippen molar-refractivity contribution < 1.29 is 18.7 Å². The van der Waals surface area contributed by atoms with Crippen molar-refractivity contribution in [3.8, 4) is 0 Å². The highest BCUT2D eigenvalue weighted by molar-refractivity contribution is 5.65. The largest absolute Gasteiger partial charge is 0.465 e. The first-order valence-corrected chi connectivity index (χ1v) is 5.65. The average Bonchev–Trinajstić information content (AvgIpc) is 2.29. The molecule has 0 saturated carbocycles. The molecule has 1 heterocycles. The molecule has 1 aliphatic rings. The molecule has 1 aliphatic heterocycles. The van der Waals surface area contributed by atoms with Gasteiger partial charge in [0.15, 0.2) is 0 Å². The van der Waals surface area contributed by atoms with Crippen molar-refractivity contribution in [2.75, 3.05) is 13.1 Å². The summed E-state index contributed by atoms with van der Waals surface area (Å²) in [4.78, 5) is 12.0. The molecule has 1 amide bonds. The highest BCUT2D eigenvalue weighted by Crippen LogP contribution is 2.33. The van der Waals surface area contributed by atoms with Crippen molar-refractivity contribution in [1.29, 1.82) is 0 Å². The number of nitrogens with two attached hydrogens (primary N) is 1. The Morgan fingerprint density at radius 1 is 1.28 bits per heavy atom. The van der Waals surface area contributed by atoms with E-state index in [0.717, 1.165) is 12.1 Å². The molecular formula is C12H14F2N2O2. The standard InChI is InChI=1S/C12H14F2N2O2/c13-8-2-1-3-9(14)10(8)12(15)4-6-16(7-5-12)11(17)18/h1-3H,4-7,15H2,(H,17,18). The van der Waals surface area contributed by atoms with Gasteiger partial charge in [-0.05, 0) is 25.0 Å². The number of carboxylic acid groups (broad SMARTS) is 1. The van der Waals surface area contributed by atoms with Crippen LogP contribution in [-0.2, 0) is 5.54 Å². The lowest BCUT2D eigenvalue weighted by Gasteiger charge is -2.38. The van der Waals surface area contributed by atoms with Crippen LogP contribution in [0, 0.1) is 11.6 Å². The van der Waals surface area contributed by atoms with Crippen LogP contribution in [0.15, 0.2) is 18.2 Å². The maximum atomic E-state index is 13.7. The van der Waals surface area contributed by atoms with E-state index in [1.807, 2.05) is 0 Å². The van der Waals surface area contributed by atoms with Crippen LogP contribution in [0.4, 0.5) is 13.6 Å². The van der Waals surface area contributed by atoms with E-state index in [2.05, 4.69) is 0 Å². The highest BCUT2D eigenvalue weighted by Gasteiger charge is 2.37. The van der Waals surface area contributed by atoms with Gasteiger partial charge < -0.3 is 15.7 Å². The Labute approximate surface area is 103 Å². The van der Waals surface area contributed by atoms with Gasteiger partial charge >= 0.3 is 6.09 Å². The quantitative estimate of drug-likeness (QED) is 0.806. The van der Waals surface area contributed by atoms with Gasteiger partial charge in [0.2, 0.25) is 0 Å². The number of nitrogens with zero attached hydrogens (tertiary/aromatic N) is 1. The third-order valence-corrected chi connectivity index (χ3v) is 3.39. The summed E-state index contributed by atoms with van der Waals surface area (Å²) < 4.78 is 27.4. The molecule has 0 aliphatic carbocycles. The minimum Gasteiger partial charge on any atom is -0.465 e. The van der Waals surface area contributed by atoms with Gasteiger partial charge in [0.05, 0.1) is 5.54 Å². The van der Waals surface area contributed by atoms with Gasteiger partial charge in [0.25, 0.3) is 0 Å². The molecule has 3 N–H and O–H groups in total. The average molecular weight is 256 g/mol. The van der Waals surface area contributed by atoms with Crippen LogP contribution < -0.4 is 5.73 Å². The van der Waals surface area contributed by atoms with Crippen LogP contribution in [0.1, 0.15) is 18.4 Å². The fourth-order valence-corrected chi connectivity index (χ4v) is 2.32. The molecule has 0 bridgehead atoms. The Morgan fingerprint density at radius 3 is 2.22 bits per heavy atom. The topological polar surface area (TPSA) is 66.6 Å². The monoisotopic (exact) mass is 256 g/mol. The van der Waals surface area contributed by atoms with E-state index in [9.17, 15) is 13.6 Å². The molecular weight excluding hydrogens is 242 g/mol. The molecule has 0 unspecified atom stereocenters. The SMILES string of the molecule is NC1(c2c(F)cccc2F)CCN(C(=O)O)CC1. The highest BCUT2D eigenvalue weighted by atomic mass is 19.1. The molecule has 2 rings (SSSR count). The summed E-state index contributed by atoms with van der Waals surface area (Å²) in [7, 11) is 0. The van der Waals surface area contributed by atoms with Gasteiger partial charge in [-0.25, -0.2) is 13.6 Å². The van der Waals surface area contributed by atoms with Crippen molar-refractivity contribution in [1.82, 2.24) is 4.90 Å². The third kappa shape index (κ3) is 2.15. The van der Waals surface area contributed by atoms with Crippen molar-refractivity contribution in [3.05, 3.63) is 35.4 Å². The van der Waals surface area contributed by atoms with Crippen molar-refractivity contribution in [2.45, 2.75) is 18.4 Å². The van der Waals surface area contributed by atoms with E-state index < -0.39 is 23.3 Å². The molecule has 6 heteroatoms. The minimum atomic E-state index is -1.14. The Balaban J connectivity index is 2.26. The molecule has 1 fully saturated rings. The minimum absolute atomic E-state index is 0.143. The molecule has 0 spiro atoms. The number of rotatable bonds is 1. The fraction of sp³-hybridized carbons (Fsp3) is 0.417. The number of amides is 1. The van der Waals surface area contributed by atoms with Crippen molar-refractivity contribution >= 4 is 6.09 Å². The second kappa shape index (κ2) is 4.53. The van der Waals surface area contributed by atoms with Crippen molar-refractivity contribution in [3.63, 3.8) is 0 Å². The first-order valence-electron chi connectivity index (χ1n) is 5.65. The lowest BCUT2D eigenvalue weighted by molar-refractivity contribution is 0.115. The molecule has 18 heavy (non-hydrogen) atoms. The summed E-state index contributed by atoms with van der Waals surface area (Å²) in [6.07, 6.45) is -0.625. The predicted molar refractivity (Wildman–Crippen MR) is 61.1 cm³/mol. The molecule has 0 atom stereocenters. The zero-order valence-electron chi connectivity index (χ0n) is 9.70. The number of benzene rings is 1. The maximum Gasteiger partial charge on any atom is 0.407 e. The van der Waals surface area contributed by atoms with E-state index in [-0.39, 0.29) is 31.5 Å². The predicted octanol–water partition coefficient (Wildman–Crippen LogP) is 1.89. The number of hydrogen-bond donors (Lipinski definition) is 2. The van der Waals surface area contributed by atoms with Crippen molar-refractivity contribution in [2.24, 2.45) is 5.73 Å². The summed E-state index contributed by atoms with van der Waals surface area (Å²) in [6.45, 7) is 0.360. The Morgan fingerprint density at radius 2 is 1.78 bits per heavy atom. The van der Waals surface area contributed by atoms with Crippen LogP contribution in [0.5, 0.6) is 0 Å². The normalized spacial score (nSPS) is 18.7. The summed E-state index contributed by atoms with van der Waals surface area (Å²) in [6, 6.07) is 3.61. The van der Waals surface area contributed by atoms with E-state index in [1.165, 1.54) is 11.0 Å². The van der Waals surface area contributed by atoms with E-state index >= 15 is 0 Å². The van der Waals surface area contributed by atoms with Crippen LogP contribution in [0.25, 0.3) is 0 Å². The molecule has 1 aromatic rings. The molecule has 98 valence electrons. The molecule has 1 saturated heterocycles. The zero-order chi connectivity index (χ0) is 13.3. The number of carbonyl (C=O) groups is 1. The molecule has 0 aromatic heterocycles. The van der Waals surface area contributed by atoms with Gasteiger partial charge in [-0.2, -0.15) is 0 Å². The van der Waals surface area contributed by atoms with Gasteiger partial charge in [-0.15, -0.1) is 0 Å². The Kier molecular flexibility index (Phi) is 3.21. The second-order valence-electron chi connectivity index (χ2n) is 4.52. The van der Waals surface area contributed by atoms with Gasteiger partial charge in [0.1, 0.15) is 11.6 Å². The summed E-state index contributed by atoms with van der Waals surface area (Å²) >= 11 is 0. The number of piperidine rings is 1. The number of hydrogen-bond acceptors (Lipinski definition) is 2. The summed E-state index contributed by atoms with van der Waals surface area (Å²) in [5.41, 5.74) is 4.76. The van der Waals surface area contributed by atoms with Crippen LogP contribution >= 0.6 is 0 Å². The smallest absolute Gasteiger partial charge is 0.407 e.